The molecule has 0 amide bonds. The number of pyridine rings is 2. The van der Waals surface area contributed by atoms with Crippen molar-refractivity contribution in [3.8, 4) is 11.1 Å². The number of nitrogens with one attached hydrogen (secondary N) is 2. The first-order valence-electron chi connectivity index (χ1n) is 5.24. The first kappa shape index (κ1) is 9.77. The molecule has 0 aromatic carbocycles. The molecule has 0 aliphatic heterocycles. The van der Waals surface area contributed by atoms with Crippen molar-refractivity contribution >= 4 is 11.0 Å². The number of aryl methyl sites for hydroxylation is 1. The molecule has 0 saturated carbocycles. The molecule has 0 saturated heterocycles. The second-order valence-corrected chi connectivity index (χ2v) is 3.83. The summed E-state index contributed by atoms with van der Waals surface area (Å²) in [6, 6.07) is 5.65. The van der Waals surface area contributed by atoms with Crippen LogP contribution < -0.4 is 5.56 Å². The van der Waals surface area contributed by atoms with Gasteiger partial charge in [-0.05, 0) is 30.7 Å². The van der Waals surface area contributed by atoms with Gasteiger partial charge in [0.2, 0.25) is 0 Å². The Morgan fingerprint density at radius 1 is 1.18 bits per heavy atom. The van der Waals surface area contributed by atoms with E-state index in [0.717, 1.165) is 16.8 Å². The predicted octanol–water partition coefficient (Wildman–Crippen LogP) is 1.62. The molecule has 0 bridgehead atoms. The predicted molar refractivity (Wildman–Crippen MR) is 64.7 cm³/mol. The van der Waals surface area contributed by atoms with Gasteiger partial charge in [-0.3, -0.25) is 20.0 Å². The first-order chi connectivity index (χ1) is 8.25. The van der Waals surface area contributed by atoms with Crippen molar-refractivity contribution in [1.29, 1.82) is 0 Å². The zero-order chi connectivity index (χ0) is 11.8. The fraction of sp³-hybridized carbons (Fsp3) is 0.0833. The topological polar surface area (TPSA) is 74.4 Å². The SMILES string of the molecule is Cc1nc2[nH][nH]c(=O)c2cc1-c1ccncc1. The fourth-order valence-electron chi connectivity index (χ4n) is 1.88. The van der Waals surface area contributed by atoms with Crippen molar-refractivity contribution in [1.82, 2.24) is 20.2 Å². The van der Waals surface area contributed by atoms with E-state index in [1.807, 2.05) is 25.1 Å². The normalized spacial score (nSPS) is 10.9. The van der Waals surface area contributed by atoms with E-state index < -0.39 is 0 Å². The van der Waals surface area contributed by atoms with Crippen LogP contribution in [0.2, 0.25) is 0 Å². The Balaban J connectivity index is 2.33. The van der Waals surface area contributed by atoms with E-state index >= 15 is 0 Å². The number of aromatic amines is 2. The largest absolute Gasteiger partial charge is 0.281 e. The summed E-state index contributed by atoms with van der Waals surface area (Å²) in [4.78, 5) is 19.9. The van der Waals surface area contributed by atoms with Crippen LogP contribution in [0.3, 0.4) is 0 Å². The van der Waals surface area contributed by atoms with E-state index in [9.17, 15) is 4.79 Å². The van der Waals surface area contributed by atoms with Gasteiger partial charge in [0.15, 0.2) is 5.65 Å². The first-order valence-corrected chi connectivity index (χ1v) is 5.24. The highest BCUT2D eigenvalue weighted by atomic mass is 16.1. The molecule has 0 radical (unpaired) electrons. The molecule has 3 aromatic rings. The zero-order valence-electron chi connectivity index (χ0n) is 9.19. The van der Waals surface area contributed by atoms with Crippen molar-refractivity contribution in [2.75, 3.05) is 0 Å². The number of fused-ring (bicyclic) bond motifs is 1. The van der Waals surface area contributed by atoms with Gasteiger partial charge in [0.25, 0.3) is 5.56 Å². The van der Waals surface area contributed by atoms with E-state index in [1.165, 1.54) is 0 Å². The molecule has 0 unspecified atom stereocenters. The Morgan fingerprint density at radius 3 is 2.71 bits per heavy atom. The van der Waals surface area contributed by atoms with E-state index in [0.29, 0.717) is 11.0 Å². The minimum Gasteiger partial charge on any atom is -0.281 e. The van der Waals surface area contributed by atoms with Crippen molar-refractivity contribution < 1.29 is 0 Å². The summed E-state index contributed by atoms with van der Waals surface area (Å²) in [5.74, 6) is 0. The van der Waals surface area contributed by atoms with Crippen LogP contribution in [0, 0.1) is 6.92 Å². The number of H-pyrrole nitrogens is 2. The van der Waals surface area contributed by atoms with Crippen molar-refractivity contribution in [2.24, 2.45) is 0 Å². The average molecular weight is 226 g/mol. The minimum atomic E-state index is -0.150. The summed E-state index contributed by atoms with van der Waals surface area (Å²) >= 11 is 0. The molecule has 0 spiro atoms. The van der Waals surface area contributed by atoms with Crippen molar-refractivity contribution in [3.05, 3.63) is 46.6 Å². The number of hydrogen-bond donors (Lipinski definition) is 2. The maximum absolute atomic E-state index is 11.5. The summed E-state index contributed by atoms with van der Waals surface area (Å²) in [5.41, 5.74) is 3.27. The Kier molecular flexibility index (Phi) is 2.04. The van der Waals surface area contributed by atoms with Gasteiger partial charge in [-0.2, -0.15) is 0 Å². The molecule has 3 aromatic heterocycles. The number of hydrogen-bond acceptors (Lipinski definition) is 3. The van der Waals surface area contributed by atoms with Gasteiger partial charge < -0.3 is 0 Å². The molecule has 84 valence electrons. The molecule has 0 aliphatic rings. The Bertz CT molecular complexity index is 727. The van der Waals surface area contributed by atoms with E-state index in [-0.39, 0.29) is 5.56 Å². The highest BCUT2D eigenvalue weighted by molar-refractivity contribution is 5.81. The zero-order valence-corrected chi connectivity index (χ0v) is 9.19. The van der Waals surface area contributed by atoms with Crippen LogP contribution in [0.5, 0.6) is 0 Å². The highest BCUT2D eigenvalue weighted by Gasteiger charge is 2.08. The lowest BCUT2D eigenvalue weighted by atomic mass is 10.1. The van der Waals surface area contributed by atoms with E-state index in [1.54, 1.807) is 12.4 Å². The van der Waals surface area contributed by atoms with E-state index in [4.69, 9.17) is 0 Å². The van der Waals surface area contributed by atoms with Crippen LogP contribution in [0.1, 0.15) is 5.69 Å². The van der Waals surface area contributed by atoms with Crippen LogP contribution in [0.15, 0.2) is 35.4 Å². The third-order valence-electron chi connectivity index (χ3n) is 2.74. The quantitative estimate of drug-likeness (QED) is 0.662. The average Bonchev–Trinajstić information content (AvgIpc) is 2.70. The van der Waals surface area contributed by atoms with Crippen LogP contribution in [-0.2, 0) is 0 Å². The molecular weight excluding hydrogens is 216 g/mol. The minimum absolute atomic E-state index is 0.150. The van der Waals surface area contributed by atoms with Crippen LogP contribution in [-0.4, -0.2) is 20.2 Å². The maximum atomic E-state index is 11.5. The highest BCUT2D eigenvalue weighted by Crippen LogP contribution is 2.23. The Morgan fingerprint density at radius 2 is 1.94 bits per heavy atom. The molecule has 5 heteroatoms. The monoisotopic (exact) mass is 226 g/mol. The van der Waals surface area contributed by atoms with Gasteiger partial charge in [-0.15, -0.1) is 0 Å². The molecule has 0 atom stereocenters. The van der Waals surface area contributed by atoms with Gasteiger partial charge in [0, 0.05) is 23.7 Å². The molecule has 17 heavy (non-hydrogen) atoms. The van der Waals surface area contributed by atoms with Crippen LogP contribution in [0.4, 0.5) is 0 Å². The lowest BCUT2D eigenvalue weighted by Crippen LogP contribution is -1.98. The van der Waals surface area contributed by atoms with E-state index in [2.05, 4.69) is 20.2 Å². The van der Waals surface area contributed by atoms with Gasteiger partial charge in [0.05, 0.1) is 5.39 Å². The molecule has 2 N–H and O–H groups in total. The van der Waals surface area contributed by atoms with Crippen molar-refractivity contribution in [3.63, 3.8) is 0 Å². The molecular formula is C12H10N4O. The molecule has 5 nitrogen and oxygen atoms in total. The number of aromatic nitrogens is 4. The lowest BCUT2D eigenvalue weighted by molar-refractivity contribution is 1.06. The van der Waals surface area contributed by atoms with Gasteiger partial charge in [-0.25, -0.2) is 4.98 Å². The third kappa shape index (κ3) is 1.52. The third-order valence-corrected chi connectivity index (χ3v) is 2.74. The summed E-state index contributed by atoms with van der Waals surface area (Å²) in [6.07, 6.45) is 3.45. The second-order valence-electron chi connectivity index (χ2n) is 3.83. The molecule has 0 fully saturated rings. The van der Waals surface area contributed by atoms with Crippen molar-refractivity contribution in [2.45, 2.75) is 6.92 Å². The molecule has 0 aliphatic carbocycles. The molecule has 3 heterocycles. The molecule has 3 rings (SSSR count). The maximum Gasteiger partial charge on any atom is 0.273 e. The number of rotatable bonds is 1. The summed E-state index contributed by atoms with van der Waals surface area (Å²) in [5, 5.41) is 5.85. The van der Waals surface area contributed by atoms with Gasteiger partial charge in [0.1, 0.15) is 0 Å². The smallest absolute Gasteiger partial charge is 0.273 e. The summed E-state index contributed by atoms with van der Waals surface area (Å²) < 4.78 is 0. The second kappa shape index (κ2) is 3.55. The van der Waals surface area contributed by atoms with Crippen LogP contribution >= 0.6 is 0 Å². The van der Waals surface area contributed by atoms with Crippen LogP contribution in [0.25, 0.3) is 22.2 Å². The Labute approximate surface area is 96.5 Å². The Hall–Kier alpha value is -2.43. The fourth-order valence-corrected chi connectivity index (χ4v) is 1.88. The van der Waals surface area contributed by atoms with Gasteiger partial charge in [-0.1, -0.05) is 0 Å². The standard InChI is InChI=1S/C12H10N4O/c1-7-9(8-2-4-13-5-3-8)6-10-11(14-7)15-16-12(10)17/h2-6H,1H3,(H2,14,15,16,17). The number of nitrogens with zero attached hydrogens (tertiary/aromatic N) is 2. The van der Waals surface area contributed by atoms with Gasteiger partial charge >= 0.3 is 0 Å². The summed E-state index contributed by atoms with van der Waals surface area (Å²) in [6.45, 7) is 1.92. The lowest BCUT2D eigenvalue weighted by Gasteiger charge is -2.04. The summed E-state index contributed by atoms with van der Waals surface area (Å²) in [7, 11) is 0.